The molecule has 0 saturated carbocycles. The number of carbonyl (C=O) groups excluding carboxylic acids is 10. The number of benzene rings is 2. The third-order valence-electron chi connectivity index (χ3n) is 14.6. The number of carbonyl (C=O) groups is 10. The van der Waals surface area contributed by atoms with Crippen LogP contribution in [0.15, 0.2) is 59.4 Å². The Morgan fingerprint density at radius 2 is 1.54 bits per heavy atom. The lowest BCUT2D eigenvalue weighted by Crippen LogP contribution is -2.52. The van der Waals surface area contributed by atoms with Gasteiger partial charge < -0.3 is 60.7 Å². The van der Waals surface area contributed by atoms with Crippen molar-refractivity contribution in [3.8, 4) is 11.4 Å². The minimum atomic E-state index is -2.07. The monoisotopic (exact) mass is 1130 g/mol. The molecule has 0 bridgehead atoms. The van der Waals surface area contributed by atoms with E-state index in [0.717, 1.165) is 22.0 Å². The smallest absolute Gasteiger partial charge is 0.343 e. The molecule has 26 heteroatoms. The maximum absolute atomic E-state index is 15.5. The first-order valence-electron chi connectivity index (χ1n) is 26.7. The Kier molecular flexibility index (Phi) is 19.0. The number of fused-ring (bicyclic) bond motifs is 5. The number of pyridine rings is 2. The molecule has 2 aromatic carbocycles. The molecule has 4 aromatic rings. The number of nitrogens with zero attached hydrogens (tertiary/aromatic N) is 4. The lowest BCUT2D eigenvalue weighted by Gasteiger charge is -2.31. The van der Waals surface area contributed by atoms with Gasteiger partial charge in [-0.05, 0) is 54.5 Å². The van der Waals surface area contributed by atoms with E-state index in [1.807, 2.05) is 0 Å². The van der Waals surface area contributed by atoms with Crippen LogP contribution in [0.2, 0.25) is 0 Å². The highest BCUT2D eigenvalue weighted by Gasteiger charge is 2.46. The standard InChI is InChI=1S/C56H63FN10O15/c1-4-56(79)36-23-41-52-34(28-67(41)54(77)35(36)30-82-55(56)78)51-38(11-10-33-31(2)37(57)24-39(64-52)50(33)51)62-46(72)29-65(3)49(75)27-61-53(76)40(22-32-8-6-5-7-9-32)63-45(71)26-60-44(70)25-59-43(69)15-18-80-20-21-81-19-16-58-42(68)14-17-66-47(73)12-13-48(66)74/h5-9,12-13,23-24,38,40,79H,4,10-11,14-22,25-30H2,1-3H3,(H,58,68)(H,59,69)(H,60,70)(H,61,76)(H,62,72)(H,63,71)/t38-,40-,56-/m0/s1. The second-order valence-electron chi connectivity index (χ2n) is 20.0. The van der Waals surface area contributed by atoms with Gasteiger partial charge >= 0.3 is 5.97 Å². The summed E-state index contributed by atoms with van der Waals surface area (Å²) in [6.07, 6.45) is 2.81. The molecule has 0 unspecified atom stereocenters. The largest absolute Gasteiger partial charge is 0.458 e. The molecule has 5 heterocycles. The summed E-state index contributed by atoms with van der Waals surface area (Å²) in [5.74, 6) is -6.53. The van der Waals surface area contributed by atoms with E-state index in [1.165, 1.54) is 17.7 Å². The number of hydrogen-bond donors (Lipinski definition) is 7. The molecule has 0 fully saturated rings. The Labute approximate surface area is 468 Å². The normalized spacial score (nSPS) is 16.8. The molecule has 3 atom stereocenters. The number of aliphatic hydroxyl groups is 1. The van der Waals surface area contributed by atoms with Crippen LogP contribution in [0.25, 0.3) is 22.3 Å². The zero-order valence-electron chi connectivity index (χ0n) is 45.4. The minimum absolute atomic E-state index is 0.00806. The Bertz CT molecular complexity index is 3310. The SMILES string of the molecule is CC[C@@]1(O)C(=O)OCc2c1cc1n(c2=O)Cc2c-1nc1cc(F)c(C)c3c1c2[C@@H](NC(=O)CN(C)C(=O)CNC(=O)[C@H](Cc1ccccc1)NC(=O)CNC(=O)CNC(=O)CCOCCOCCNC(=O)CCN1C(=O)C=CC1=O)CC3. The second kappa shape index (κ2) is 26.2. The predicted molar refractivity (Wildman–Crippen MR) is 287 cm³/mol. The van der Waals surface area contributed by atoms with E-state index in [9.17, 15) is 57.8 Å². The number of aryl methyl sites for hydroxylation is 1. The fourth-order valence-electron chi connectivity index (χ4n) is 10.2. The number of cyclic esters (lactones) is 1. The highest BCUT2D eigenvalue weighted by Crippen LogP contribution is 2.46. The number of likely N-dealkylation sites (N-methyl/N-ethyl adjacent to an activating group) is 1. The number of imide groups is 1. The quantitative estimate of drug-likeness (QED) is 0.0199. The van der Waals surface area contributed by atoms with Crippen LogP contribution in [-0.2, 0) is 93.8 Å². The lowest BCUT2D eigenvalue weighted by atomic mass is 9.81. The maximum Gasteiger partial charge on any atom is 0.343 e. The summed E-state index contributed by atoms with van der Waals surface area (Å²) >= 11 is 0. The molecular weight excluding hydrogens is 1070 g/mol. The van der Waals surface area contributed by atoms with Gasteiger partial charge in [-0.15, -0.1) is 0 Å². The van der Waals surface area contributed by atoms with Crippen molar-refractivity contribution in [3.63, 3.8) is 0 Å². The molecule has 82 heavy (non-hydrogen) atoms. The van der Waals surface area contributed by atoms with E-state index >= 15 is 4.39 Å². The van der Waals surface area contributed by atoms with Gasteiger partial charge in [0.1, 0.15) is 18.5 Å². The van der Waals surface area contributed by atoms with Gasteiger partial charge in [0.25, 0.3) is 17.4 Å². The van der Waals surface area contributed by atoms with Crippen LogP contribution in [0.3, 0.4) is 0 Å². The molecule has 3 aliphatic heterocycles. The molecule has 25 nitrogen and oxygen atoms in total. The van der Waals surface area contributed by atoms with Gasteiger partial charge in [0.2, 0.25) is 41.4 Å². The van der Waals surface area contributed by atoms with Gasteiger partial charge in [0, 0.05) is 74.1 Å². The number of hydrogen-bond acceptors (Lipinski definition) is 16. The van der Waals surface area contributed by atoms with Gasteiger partial charge in [-0.2, -0.15) is 0 Å². The van der Waals surface area contributed by atoms with Gasteiger partial charge in [-0.25, -0.2) is 14.2 Å². The van der Waals surface area contributed by atoms with Gasteiger partial charge in [0.05, 0.1) is 87.7 Å². The lowest BCUT2D eigenvalue weighted by molar-refractivity contribution is -0.172. The molecule has 0 radical (unpaired) electrons. The molecule has 8 rings (SSSR count). The molecule has 1 aliphatic carbocycles. The van der Waals surface area contributed by atoms with Crippen LogP contribution in [0.5, 0.6) is 0 Å². The van der Waals surface area contributed by atoms with E-state index in [1.54, 1.807) is 50.2 Å². The van der Waals surface area contributed by atoms with Crippen molar-refractivity contribution in [1.29, 1.82) is 0 Å². The summed E-state index contributed by atoms with van der Waals surface area (Å²) in [6, 6.07) is 9.69. The van der Waals surface area contributed by atoms with E-state index in [-0.39, 0.29) is 101 Å². The summed E-state index contributed by atoms with van der Waals surface area (Å²) in [6.45, 7) is 1.60. The van der Waals surface area contributed by atoms with Crippen LogP contribution < -0.4 is 37.5 Å². The Hall–Kier alpha value is -8.75. The highest BCUT2D eigenvalue weighted by atomic mass is 19.1. The van der Waals surface area contributed by atoms with E-state index in [0.29, 0.717) is 57.4 Å². The predicted octanol–water partition coefficient (Wildman–Crippen LogP) is -0.980. The molecular formula is C56H63FN10O15. The first-order valence-corrected chi connectivity index (χ1v) is 26.7. The Morgan fingerprint density at radius 3 is 2.27 bits per heavy atom. The first kappa shape index (κ1) is 59.4. The van der Waals surface area contributed by atoms with Gasteiger partial charge in [-0.3, -0.25) is 52.8 Å². The number of ether oxygens (including phenoxy) is 3. The van der Waals surface area contributed by atoms with Gasteiger partial charge in [-0.1, -0.05) is 37.3 Å². The average Bonchev–Trinajstić information content (AvgIpc) is 3.35. The number of esters is 1. The fourth-order valence-corrected chi connectivity index (χ4v) is 10.2. The van der Waals surface area contributed by atoms with Crippen molar-refractivity contribution in [1.82, 2.24) is 51.3 Å². The Balaban J connectivity index is 0.780. The topological polar surface area (TPSA) is 332 Å². The number of nitrogens with one attached hydrogen (secondary N) is 6. The molecule has 9 amide bonds. The fraction of sp³-hybridized carbons (Fsp3) is 0.429. The average molecular weight is 1140 g/mol. The summed E-state index contributed by atoms with van der Waals surface area (Å²) < 4.78 is 32.9. The summed E-state index contributed by atoms with van der Waals surface area (Å²) in [4.78, 5) is 148. The molecule has 2 aromatic heterocycles. The summed E-state index contributed by atoms with van der Waals surface area (Å²) in [5.41, 5.74) is 1.62. The first-order chi connectivity index (χ1) is 39.3. The summed E-state index contributed by atoms with van der Waals surface area (Å²) in [5, 5.41) is 27.6. The molecule has 4 aliphatic rings. The summed E-state index contributed by atoms with van der Waals surface area (Å²) in [7, 11) is 1.37. The van der Waals surface area contributed by atoms with Crippen LogP contribution in [0, 0.1) is 12.7 Å². The maximum atomic E-state index is 15.5. The van der Waals surface area contributed by atoms with Crippen molar-refractivity contribution in [2.24, 2.45) is 0 Å². The van der Waals surface area contributed by atoms with E-state index in [2.05, 4.69) is 31.9 Å². The minimum Gasteiger partial charge on any atom is -0.458 e. The van der Waals surface area contributed by atoms with E-state index in [4.69, 9.17) is 19.2 Å². The van der Waals surface area contributed by atoms with Crippen LogP contribution in [0.4, 0.5) is 4.39 Å². The third-order valence-corrected chi connectivity index (χ3v) is 14.6. The molecule has 0 spiro atoms. The highest BCUT2D eigenvalue weighted by molar-refractivity contribution is 6.13. The molecule has 0 saturated heterocycles. The van der Waals surface area contributed by atoms with Crippen molar-refractivity contribution in [2.75, 3.05) is 72.7 Å². The van der Waals surface area contributed by atoms with Crippen LogP contribution in [0.1, 0.15) is 77.6 Å². The van der Waals surface area contributed by atoms with Crippen LogP contribution >= 0.6 is 0 Å². The molecule has 7 N–H and O–H groups in total. The zero-order valence-corrected chi connectivity index (χ0v) is 45.4. The van der Waals surface area contributed by atoms with Crippen LogP contribution in [-0.4, -0.2) is 162 Å². The van der Waals surface area contributed by atoms with Crippen molar-refractivity contribution in [2.45, 2.75) is 83.2 Å². The number of halogens is 1. The number of aromatic nitrogens is 2. The van der Waals surface area contributed by atoms with E-state index < -0.39 is 108 Å². The zero-order chi connectivity index (χ0) is 58.8. The van der Waals surface area contributed by atoms with Crippen molar-refractivity contribution in [3.05, 3.63) is 110 Å². The molecule has 434 valence electrons. The third kappa shape index (κ3) is 13.5. The second-order valence-corrected chi connectivity index (χ2v) is 20.0. The number of amides is 9. The van der Waals surface area contributed by atoms with Gasteiger partial charge in [0.15, 0.2) is 5.60 Å². The number of rotatable bonds is 26. The Morgan fingerprint density at radius 1 is 0.841 bits per heavy atom. The van der Waals surface area contributed by atoms with Crippen molar-refractivity contribution < 1.29 is 71.7 Å². The van der Waals surface area contributed by atoms with Crippen molar-refractivity contribution >= 4 is 70.0 Å².